The number of hydrogen-bond donors (Lipinski definition) is 0. The molecule has 1 radical (unpaired) electrons. The molecule has 0 fully saturated rings. The third-order valence-corrected chi connectivity index (χ3v) is 0.664. The molecule has 0 aromatic carbocycles. The molecular weight excluding hydrogens is 124 g/mol. The van der Waals surface area contributed by atoms with E-state index in [9.17, 15) is 9.90 Å². The largest absolute Gasteiger partial charge is 0.552 e. The van der Waals surface area contributed by atoms with Crippen LogP contribution in [0.15, 0.2) is 0 Å². The molecule has 1 unspecified atom stereocenters. The van der Waals surface area contributed by atoms with Crippen molar-refractivity contribution in [1.82, 2.24) is 0 Å². The Hall–Kier alpha value is -0.770. The molecule has 0 spiro atoms. The fourth-order valence-electron chi connectivity index (χ4n) is 0.404. The van der Waals surface area contributed by atoms with Crippen LogP contribution in [0.4, 0.5) is 4.79 Å². The Kier molecular flexibility index (Phi) is 3.79. The first kappa shape index (κ1) is 8.23. The number of carbonyl (C=O) groups is 1. The standard InChI is InChI=1S/C5H9O4/c1-3-8-4(2)9-5(6)7/h4H,3H2,1-2H3. The molecule has 0 aliphatic heterocycles. The van der Waals surface area contributed by atoms with Crippen LogP contribution in [-0.4, -0.2) is 19.1 Å². The zero-order valence-corrected chi connectivity index (χ0v) is 5.42. The van der Waals surface area contributed by atoms with Gasteiger partial charge in [0.05, 0.1) is 0 Å². The average molecular weight is 133 g/mol. The molecular formula is C5H9O4. The van der Waals surface area contributed by atoms with Gasteiger partial charge in [-0.1, -0.05) is 0 Å². The van der Waals surface area contributed by atoms with Crippen molar-refractivity contribution in [2.24, 2.45) is 0 Å². The second kappa shape index (κ2) is 4.14. The third kappa shape index (κ3) is 5.10. The lowest BCUT2D eigenvalue weighted by Crippen LogP contribution is -2.15. The Labute approximate surface area is 53.4 Å². The summed E-state index contributed by atoms with van der Waals surface area (Å²) in [6.07, 6.45) is -2.28. The Morgan fingerprint density at radius 1 is 1.67 bits per heavy atom. The van der Waals surface area contributed by atoms with E-state index in [0.29, 0.717) is 6.61 Å². The van der Waals surface area contributed by atoms with Crippen LogP contribution in [0.2, 0.25) is 0 Å². The van der Waals surface area contributed by atoms with E-state index in [0.717, 1.165) is 0 Å². The number of hydrogen-bond acceptors (Lipinski definition) is 3. The second-order valence-electron chi connectivity index (χ2n) is 1.39. The van der Waals surface area contributed by atoms with E-state index in [1.165, 1.54) is 6.92 Å². The van der Waals surface area contributed by atoms with Crippen LogP contribution in [0.25, 0.3) is 0 Å². The molecule has 0 aliphatic rings. The number of rotatable bonds is 3. The highest BCUT2D eigenvalue weighted by Crippen LogP contribution is 1.92. The topological polar surface area (TPSA) is 55.4 Å². The Morgan fingerprint density at radius 2 is 2.22 bits per heavy atom. The van der Waals surface area contributed by atoms with Crippen molar-refractivity contribution in [3.05, 3.63) is 0 Å². The first-order chi connectivity index (χ1) is 4.16. The van der Waals surface area contributed by atoms with E-state index < -0.39 is 12.4 Å². The summed E-state index contributed by atoms with van der Waals surface area (Å²) >= 11 is 0. The number of ether oxygens (including phenoxy) is 2. The van der Waals surface area contributed by atoms with Crippen molar-refractivity contribution in [2.45, 2.75) is 20.1 Å². The van der Waals surface area contributed by atoms with Crippen molar-refractivity contribution in [3.63, 3.8) is 0 Å². The fraction of sp³-hybridized carbons (Fsp3) is 0.800. The van der Waals surface area contributed by atoms with Crippen LogP contribution < -0.4 is 0 Å². The maximum atomic E-state index is 9.67. The molecule has 9 heavy (non-hydrogen) atoms. The Balaban J connectivity index is 3.26. The highest BCUT2D eigenvalue weighted by atomic mass is 16.7. The highest BCUT2D eigenvalue weighted by molar-refractivity contribution is 5.56. The van der Waals surface area contributed by atoms with Crippen molar-refractivity contribution in [1.29, 1.82) is 0 Å². The maximum Gasteiger partial charge on any atom is 0.552 e. The van der Waals surface area contributed by atoms with Gasteiger partial charge in [-0.15, -0.1) is 0 Å². The van der Waals surface area contributed by atoms with Crippen molar-refractivity contribution < 1.29 is 19.4 Å². The van der Waals surface area contributed by atoms with Gasteiger partial charge >= 0.3 is 6.16 Å². The highest BCUT2D eigenvalue weighted by Gasteiger charge is 2.06. The van der Waals surface area contributed by atoms with Gasteiger partial charge in [-0.2, -0.15) is 9.90 Å². The molecule has 4 heteroatoms. The van der Waals surface area contributed by atoms with Crippen LogP contribution in [0, 0.1) is 0 Å². The molecule has 0 saturated heterocycles. The first-order valence-electron chi connectivity index (χ1n) is 2.66. The van der Waals surface area contributed by atoms with Gasteiger partial charge in [0.15, 0.2) is 0 Å². The van der Waals surface area contributed by atoms with E-state index in [1.807, 2.05) is 0 Å². The van der Waals surface area contributed by atoms with Crippen molar-refractivity contribution in [2.75, 3.05) is 6.61 Å². The fourth-order valence-corrected chi connectivity index (χ4v) is 0.404. The van der Waals surface area contributed by atoms with Crippen molar-refractivity contribution in [3.8, 4) is 0 Å². The molecule has 0 heterocycles. The zero-order chi connectivity index (χ0) is 7.28. The quantitative estimate of drug-likeness (QED) is 0.425. The van der Waals surface area contributed by atoms with Crippen LogP contribution in [0.3, 0.4) is 0 Å². The summed E-state index contributed by atoms with van der Waals surface area (Å²) in [5.41, 5.74) is 0. The van der Waals surface area contributed by atoms with Gasteiger partial charge in [0, 0.05) is 6.61 Å². The zero-order valence-electron chi connectivity index (χ0n) is 5.42. The monoisotopic (exact) mass is 133 g/mol. The summed E-state index contributed by atoms with van der Waals surface area (Å²) in [4.78, 5) is 9.67. The normalized spacial score (nSPS) is 12.7. The van der Waals surface area contributed by atoms with Crippen LogP contribution >= 0.6 is 0 Å². The van der Waals surface area contributed by atoms with E-state index >= 15 is 0 Å². The van der Waals surface area contributed by atoms with Crippen LogP contribution in [-0.2, 0) is 14.6 Å². The predicted molar refractivity (Wildman–Crippen MR) is 28.3 cm³/mol. The minimum atomic E-state index is -1.56. The predicted octanol–water partition coefficient (Wildman–Crippen LogP) is 0.936. The minimum absolute atomic E-state index is 0.425. The molecule has 4 nitrogen and oxygen atoms in total. The first-order valence-corrected chi connectivity index (χ1v) is 2.66. The summed E-state index contributed by atoms with van der Waals surface area (Å²) in [6, 6.07) is 0. The third-order valence-electron chi connectivity index (χ3n) is 0.664. The summed E-state index contributed by atoms with van der Waals surface area (Å²) in [5.74, 6) is 0. The SMILES string of the molecule is CCOC(C)OC([O])=O. The molecule has 0 bridgehead atoms. The molecule has 53 valence electrons. The van der Waals surface area contributed by atoms with Crippen molar-refractivity contribution >= 4 is 6.16 Å². The van der Waals surface area contributed by atoms with Gasteiger partial charge in [0.1, 0.15) is 0 Å². The molecule has 1 atom stereocenters. The maximum absolute atomic E-state index is 9.67. The molecule has 0 aromatic heterocycles. The van der Waals surface area contributed by atoms with Gasteiger partial charge in [0.2, 0.25) is 6.29 Å². The summed E-state index contributed by atoms with van der Waals surface area (Å²) in [7, 11) is 0. The lowest BCUT2D eigenvalue weighted by molar-refractivity contribution is -0.106. The molecule has 0 rings (SSSR count). The summed E-state index contributed by atoms with van der Waals surface area (Å²) < 4.78 is 8.78. The lowest BCUT2D eigenvalue weighted by Gasteiger charge is -2.07. The molecule has 0 aliphatic carbocycles. The van der Waals surface area contributed by atoms with Crippen LogP contribution in [0.5, 0.6) is 0 Å². The molecule has 0 saturated carbocycles. The van der Waals surface area contributed by atoms with E-state index in [-0.39, 0.29) is 0 Å². The van der Waals surface area contributed by atoms with Gasteiger partial charge in [0.25, 0.3) is 0 Å². The minimum Gasteiger partial charge on any atom is -0.402 e. The van der Waals surface area contributed by atoms with E-state index in [2.05, 4.69) is 4.74 Å². The van der Waals surface area contributed by atoms with E-state index in [4.69, 9.17) is 4.74 Å². The molecule has 0 aromatic rings. The van der Waals surface area contributed by atoms with Crippen LogP contribution in [0.1, 0.15) is 13.8 Å². The summed E-state index contributed by atoms with van der Waals surface area (Å²) in [6.45, 7) is 3.66. The van der Waals surface area contributed by atoms with Gasteiger partial charge in [-0.25, -0.2) is 0 Å². The number of carbonyl (C=O) groups excluding carboxylic acids is 1. The Bertz CT molecular complexity index is 91.0. The average Bonchev–Trinajstić information content (AvgIpc) is 1.63. The Morgan fingerprint density at radius 3 is 2.56 bits per heavy atom. The van der Waals surface area contributed by atoms with Gasteiger partial charge < -0.3 is 9.47 Å². The smallest absolute Gasteiger partial charge is 0.402 e. The summed E-state index contributed by atoms with van der Waals surface area (Å²) in [5, 5.41) is 9.67. The lowest BCUT2D eigenvalue weighted by atomic mass is 10.7. The van der Waals surface area contributed by atoms with Gasteiger partial charge in [-0.3, -0.25) is 0 Å². The molecule has 0 amide bonds. The molecule has 0 N–H and O–H groups in total. The van der Waals surface area contributed by atoms with Gasteiger partial charge in [-0.05, 0) is 13.8 Å². The second-order valence-corrected chi connectivity index (χ2v) is 1.39. The van der Waals surface area contributed by atoms with E-state index in [1.54, 1.807) is 6.92 Å².